The number of amides is 1. The molecule has 5 nitrogen and oxygen atoms in total. The van der Waals surface area contributed by atoms with E-state index in [4.69, 9.17) is 5.11 Å². The van der Waals surface area contributed by atoms with Crippen LogP contribution in [-0.2, 0) is 4.79 Å². The number of aliphatic carboxylic acids is 1. The second kappa shape index (κ2) is 6.49. The second-order valence-electron chi connectivity index (χ2n) is 4.34. The molecule has 0 bridgehead atoms. The van der Waals surface area contributed by atoms with Crippen LogP contribution in [0.5, 0.6) is 0 Å². The Bertz CT molecular complexity index is 449. The van der Waals surface area contributed by atoms with Crippen LogP contribution in [-0.4, -0.2) is 28.0 Å². The Morgan fingerprint density at radius 2 is 2.17 bits per heavy atom. The summed E-state index contributed by atoms with van der Waals surface area (Å²) in [5.41, 5.74) is 0.326. The van der Waals surface area contributed by atoms with Crippen molar-refractivity contribution in [2.24, 2.45) is 5.92 Å². The number of hydrogen-bond acceptors (Lipinski definition) is 3. The zero-order chi connectivity index (χ0) is 13.7. The highest BCUT2D eigenvalue weighted by Gasteiger charge is 2.22. The van der Waals surface area contributed by atoms with Gasteiger partial charge in [0.2, 0.25) is 0 Å². The highest BCUT2D eigenvalue weighted by Crippen LogP contribution is 2.13. The minimum absolute atomic E-state index is 0.184. The standard InChI is InChI=1S/C12H15BrN2O3/c1-7(2)6-9(12(17)18)15-11(16)8-4-3-5-14-10(8)13/h3-5,7,9H,6H2,1-2H3,(H,15,16)(H,17,18). The van der Waals surface area contributed by atoms with Crippen LogP contribution < -0.4 is 5.32 Å². The molecule has 0 radical (unpaired) electrons. The first kappa shape index (κ1) is 14.6. The Morgan fingerprint density at radius 1 is 1.50 bits per heavy atom. The van der Waals surface area contributed by atoms with Crippen LogP contribution in [0.25, 0.3) is 0 Å². The topological polar surface area (TPSA) is 79.3 Å². The highest BCUT2D eigenvalue weighted by atomic mass is 79.9. The van der Waals surface area contributed by atoms with Gasteiger partial charge in [-0.3, -0.25) is 4.79 Å². The lowest BCUT2D eigenvalue weighted by molar-refractivity contribution is -0.139. The van der Waals surface area contributed by atoms with Gasteiger partial charge in [0, 0.05) is 6.20 Å². The molecule has 0 aromatic carbocycles. The van der Waals surface area contributed by atoms with Crippen molar-refractivity contribution in [3.63, 3.8) is 0 Å². The summed E-state index contributed by atoms with van der Waals surface area (Å²) < 4.78 is 0.399. The lowest BCUT2D eigenvalue weighted by Crippen LogP contribution is -2.41. The normalized spacial score (nSPS) is 12.2. The summed E-state index contributed by atoms with van der Waals surface area (Å²) in [6.45, 7) is 3.81. The molecule has 0 spiro atoms. The third-order valence-electron chi connectivity index (χ3n) is 2.31. The Kier molecular flexibility index (Phi) is 5.27. The molecule has 0 saturated heterocycles. The minimum atomic E-state index is -1.03. The van der Waals surface area contributed by atoms with Crippen LogP contribution >= 0.6 is 15.9 Å². The van der Waals surface area contributed by atoms with Gasteiger partial charge in [0.05, 0.1) is 5.56 Å². The van der Waals surface area contributed by atoms with E-state index in [1.54, 1.807) is 18.3 Å². The minimum Gasteiger partial charge on any atom is -0.480 e. The predicted molar refractivity (Wildman–Crippen MR) is 70.3 cm³/mol. The van der Waals surface area contributed by atoms with Crippen molar-refractivity contribution >= 4 is 27.8 Å². The van der Waals surface area contributed by atoms with Gasteiger partial charge < -0.3 is 10.4 Å². The first-order chi connectivity index (χ1) is 8.41. The largest absolute Gasteiger partial charge is 0.480 e. The number of rotatable bonds is 5. The Balaban J connectivity index is 2.79. The summed E-state index contributed by atoms with van der Waals surface area (Å²) in [6, 6.07) is 2.32. The van der Waals surface area contributed by atoms with Crippen LogP contribution in [0.1, 0.15) is 30.6 Å². The van der Waals surface area contributed by atoms with E-state index in [1.807, 2.05) is 13.8 Å². The fourth-order valence-corrected chi connectivity index (χ4v) is 1.91. The zero-order valence-electron chi connectivity index (χ0n) is 10.2. The third-order valence-corrected chi connectivity index (χ3v) is 2.95. The van der Waals surface area contributed by atoms with Crippen LogP contribution in [0, 0.1) is 5.92 Å². The van der Waals surface area contributed by atoms with Crippen LogP contribution in [0.15, 0.2) is 22.9 Å². The van der Waals surface area contributed by atoms with Crippen molar-refractivity contribution in [2.75, 3.05) is 0 Å². The van der Waals surface area contributed by atoms with E-state index in [2.05, 4.69) is 26.2 Å². The number of carbonyl (C=O) groups excluding carboxylic acids is 1. The SMILES string of the molecule is CC(C)CC(NC(=O)c1cccnc1Br)C(=O)O. The number of hydrogen-bond donors (Lipinski definition) is 2. The smallest absolute Gasteiger partial charge is 0.326 e. The summed E-state index contributed by atoms with van der Waals surface area (Å²) in [7, 11) is 0. The Hall–Kier alpha value is -1.43. The first-order valence-corrected chi connectivity index (χ1v) is 6.35. The lowest BCUT2D eigenvalue weighted by Gasteiger charge is -2.16. The van der Waals surface area contributed by atoms with Crippen molar-refractivity contribution in [1.82, 2.24) is 10.3 Å². The Morgan fingerprint density at radius 3 is 2.67 bits per heavy atom. The molecule has 1 aromatic rings. The number of carbonyl (C=O) groups is 2. The predicted octanol–water partition coefficient (Wildman–Crippen LogP) is 2.07. The van der Waals surface area contributed by atoms with Crippen molar-refractivity contribution < 1.29 is 14.7 Å². The van der Waals surface area contributed by atoms with Crippen molar-refractivity contribution in [3.8, 4) is 0 Å². The maximum atomic E-state index is 11.9. The van der Waals surface area contributed by atoms with Gasteiger partial charge in [0.15, 0.2) is 0 Å². The van der Waals surface area contributed by atoms with Crippen molar-refractivity contribution in [3.05, 3.63) is 28.5 Å². The third kappa shape index (κ3) is 4.10. The lowest BCUT2D eigenvalue weighted by atomic mass is 10.0. The summed E-state index contributed by atoms with van der Waals surface area (Å²) >= 11 is 3.16. The first-order valence-electron chi connectivity index (χ1n) is 5.56. The fourth-order valence-electron chi connectivity index (χ4n) is 1.48. The van der Waals surface area contributed by atoms with Gasteiger partial charge in [0.1, 0.15) is 10.6 Å². The zero-order valence-corrected chi connectivity index (χ0v) is 11.8. The molecule has 0 aliphatic rings. The van der Waals surface area contributed by atoms with Gasteiger partial charge in [0.25, 0.3) is 5.91 Å². The maximum absolute atomic E-state index is 11.9. The van der Waals surface area contributed by atoms with E-state index in [9.17, 15) is 9.59 Å². The number of pyridine rings is 1. The van der Waals surface area contributed by atoms with Gasteiger partial charge in [-0.1, -0.05) is 13.8 Å². The van der Waals surface area contributed by atoms with E-state index in [1.165, 1.54) is 0 Å². The van der Waals surface area contributed by atoms with E-state index in [0.717, 1.165) is 0 Å². The van der Waals surface area contributed by atoms with Gasteiger partial charge >= 0.3 is 5.97 Å². The quantitative estimate of drug-likeness (QED) is 0.815. The fraction of sp³-hybridized carbons (Fsp3) is 0.417. The van der Waals surface area contributed by atoms with E-state index in [-0.39, 0.29) is 5.92 Å². The molecule has 1 amide bonds. The molecule has 1 atom stereocenters. The van der Waals surface area contributed by atoms with E-state index in [0.29, 0.717) is 16.6 Å². The average molecular weight is 315 g/mol. The number of halogens is 1. The highest BCUT2D eigenvalue weighted by molar-refractivity contribution is 9.10. The molecule has 1 rings (SSSR count). The molecule has 1 heterocycles. The van der Waals surface area contributed by atoms with Gasteiger partial charge in [-0.2, -0.15) is 0 Å². The number of aromatic nitrogens is 1. The Labute approximate surface area is 114 Å². The van der Waals surface area contributed by atoms with Gasteiger partial charge in [-0.05, 0) is 40.4 Å². The van der Waals surface area contributed by atoms with Crippen molar-refractivity contribution in [2.45, 2.75) is 26.3 Å². The maximum Gasteiger partial charge on any atom is 0.326 e. The molecule has 6 heteroatoms. The summed E-state index contributed by atoms with van der Waals surface area (Å²) in [5.74, 6) is -1.29. The van der Waals surface area contributed by atoms with Crippen LogP contribution in [0.2, 0.25) is 0 Å². The molecule has 1 unspecified atom stereocenters. The molecule has 1 aromatic heterocycles. The average Bonchev–Trinajstić information content (AvgIpc) is 2.27. The van der Waals surface area contributed by atoms with Crippen LogP contribution in [0.3, 0.4) is 0 Å². The van der Waals surface area contributed by atoms with Crippen LogP contribution in [0.4, 0.5) is 0 Å². The summed E-state index contributed by atoms with van der Waals surface area (Å²) in [5, 5.41) is 11.5. The molecule has 0 fully saturated rings. The molecule has 98 valence electrons. The summed E-state index contributed by atoms with van der Waals surface area (Å²) in [4.78, 5) is 26.9. The number of nitrogens with one attached hydrogen (secondary N) is 1. The molecule has 2 N–H and O–H groups in total. The molecule has 0 aliphatic carbocycles. The monoisotopic (exact) mass is 314 g/mol. The molecular formula is C12H15BrN2O3. The second-order valence-corrected chi connectivity index (χ2v) is 5.09. The number of carboxylic acid groups (broad SMARTS) is 1. The molecule has 18 heavy (non-hydrogen) atoms. The summed E-state index contributed by atoms with van der Waals surface area (Å²) in [6.07, 6.45) is 1.93. The molecule has 0 saturated carbocycles. The van der Waals surface area contributed by atoms with Crippen molar-refractivity contribution in [1.29, 1.82) is 0 Å². The van der Waals surface area contributed by atoms with E-state index < -0.39 is 17.9 Å². The molecular weight excluding hydrogens is 300 g/mol. The van der Waals surface area contributed by atoms with Gasteiger partial charge in [-0.15, -0.1) is 0 Å². The molecule has 0 aliphatic heterocycles. The van der Waals surface area contributed by atoms with E-state index >= 15 is 0 Å². The number of carboxylic acids is 1. The number of nitrogens with zero attached hydrogens (tertiary/aromatic N) is 1. The van der Waals surface area contributed by atoms with Gasteiger partial charge in [-0.25, -0.2) is 9.78 Å².